The average Bonchev–Trinajstić information content (AvgIpc) is 2.52. The van der Waals surface area contributed by atoms with E-state index in [1.807, 2.05) is 6.92 Å². The van der Waals surface area contributed by atoms with Gasteiger partial charge < -0.3 is 4.74 Å². The molecule has 2 amide bonds. The van der Waals surface area contributed by atoms with E-state index in [0.29, 0.717) is 11.4 Å². The standard InChI is InChI=1S/C14H15N5O3/c1-9-3-4-11(6-16-9)22-8-13(20)18-19-14(21)12-7-15-5-10(2)17-12/h3-7H,8H2,1-2H3,(H,18,20)(H,19,21). The van der Waals surface area contributed by atoms with E-state index in [9.17, 15) is 9.59 Å². The van der Waals surface area contributed by atoms with Crippen LogP contribution in [0.5, 0.6) is 5.75 Å². The number of pyridine rings is 1. The highest BCUT2D eigenvalue weighted by Crippen LogP contribution is 2.07. The molecule has 2 aromatic rings. The van der Waals surface area contributed by atoms with Crippen molar-refractivity contribution >= 4 is 11.8 Å². The smallest absolute Gasteiger partial charge is 0.289 e. The first kappa shape index (κ1) is 15.4. The fourth-order valence-electron chi connectivity index (χ4n) is 1.49. The van der Waals surface area contributed by atoms with Gasteiger partial charge in [-0.25, -0.2) is 4.98 Å². The molecule has 0 unspecified atom stereocenters. The van der Waals surface area contributed by atoms with Crippen LogP contribution in [-0.4, -0.2) is 33.4 Å². The molecular formula is C14H15N5O3. The SMILES string of the molecule is Cc1ccc(OCC(=O)NNC(=O)c2cncc(C)n2)cn1. The van der Waals surface area contributed by atoms with Crippen LogP contribution in [0.25, 0.3) is 0 Å². The topological polar surface area (TPSA) is 106 Å². The molecule has 2 heterocycles. The van der Waals surface area contributed by atoms with Crippen LogP contribution in [0.4, 0.5) is 0 Å². The first-order valence-corrected chi connectivity index (χ1v) is 6.48. The Labute approximate surface area is 126 Å². The summed E-state index contributed by atoms with van der Waals surface area (Å²) in [4.78, 5) is 35.2. The summed E-state index contributed by atoms with van der Waals surface area (Å²) in [6.07, 6.45) is 4.35. The molecule has 0 saturated heterocycles. The first-order valence-electron chi connectivity index (χ1n) is 6.48. The number of hydrazine groups is 1. The highest BCUT2D eigenvalue weighted by atomic mass is 16.5. The predicted molar refractivity (Wildman–Crippen MR) is 76.8 cm³/mol. The molecule has 0 atom stereocenters. The number of aryl methyl sites for hydroxylation is 2. The zero-order chi connectivity index (χ0) is 15.9. The van der Waals surface area contributed by atoms with Crippen LogP contribution in [0.15, 0.2) is 30.7 Å². The summed E-state index contributed by atoms with van der Waals surface area (Å²) < 4.78 is 5.23. The molecule has 0 radical (unpaired) electrons. The van der Waals surface area contributed by atoms with Gasteiger partial charge in [-0.1, -0.05) is 0 Å². The number of ether oxygens (including phenoxy) is 1. The van der Waals surface area contributed by atoms with Crippen molar-refractivity contribution in [2.75, 3.05) is 6.61 Å². The Morgan fingerprint density at radius 1 is 1.09 bits per heavy atom. The van der Waals surface area contributed by atoms with Gasteiger partial charge in [0.15, 0.2) is 6.61 Å². The van der Waals surface area contributed by atoms with Gasteiger partial charge >= 0.3 is 0 Å². The van der Waals surface area contributed by atoms with Crippen LogP contribution in [0.1, 0.15) is 21.9 Å². The van der Waals surface area contributed by atoms with Gasteiger partial charge in [-0.3, -0.25) is 30.4 Å². The summed E-state index contributed by atoms with van der Waals surface area (Å²) in [7, 11) is 0. The molecule has 0 saturated carbocycles. The lowest BCUT2D eigenvalue weighted by Crippen LogP contribution is -2.44. The number of carbonyl (C=O) groups is 2. The number of amides is 2. The summed E-state index contributed by atoms with van der Waals surface area (Å²) in [6, 6.07) is 3.47. The third kappa shape index (κ3) is 4.51. The molecular weight excluding hydrogens is 286 g/mol. The van der Waals surface area contributed by atoms with Gasteiger partial charge in [0.2, 0.25) is 0 Å². The Morgan fingerprint density at radius 2 is 1.91 bits per heavy atom. The molecule has 0 fully saturated rings. The van der Waals surface area contributed by atoms with E-state index in [-0.39, 0.29) is 12.3 Å². The van der Waals surface area contributed by atoms with E-state index in [2.05, 4.69) is 25.8 Å². The van der Waals surface area contributed by atoms with Crippen LogP contribution in [0.2, 0.25) is 0 Å². The molecule has 22 heavy (non-hydrogen) atoms. The lowest BCUT2D eigenvalue weighted by molar-refractivity contribution is -0.123. The minimum Gasteiger partial charge on any atom is -0.482 e. The minimum atomic E-state index is -0.554. The number of aromatic nitrogens is 3. The Hall–Kier alpha value is -3.03. The second kappa shape index (κ2) is 7.11. The van der Waals surface area contributed by atoms with Crippen LogP contribution in [0, 0.1) is 13.8 Å². The Kier molecular flexibility index (Phi) is 4.97. The zero-order valence-corrected chi connectivity index (χ0v) is 12.2. The number of nitrogens with one attached hydrogen (secondary N) is 2. The quantitative estimate of drug-likeness (QED) is 0.788. The van der Waals surface area contributed by atoms with E-state index in [0.717, 1.165) is 5.69 Å². The molecule has 0 spiro atoms. The normalized spacial score (nSPS) is 9.91. The summed E-state index contributed by atoms with van der Waals surface area (Å²) in [6.45, 7) is 3.32. The Morgan fingerprint density at radius 3 is 2.59 bits per heavy atom. The van der Waals surface area contributed by atoms with Crippen molar-refractivity contribution in [2.24, 2.45) is 0 Å². The molecule has 0 bridgehead atoms. The van der Waals surface area contributed by atoms with Gasteiger partial charge in [-0.2, -0.15) is 0 Å². The number of hydrogen-bond acceptors (Lipinski definition) is 6. The lowest BCUT2D eigenvalue weighted by atomic mass is 10.4. The van der Waals surface area contributed by atoms with Gasteiger partial charge in [-0.05, 0) is 26.0 Å². The number of nitrogens with zero attached hydrogens (tertiary/aromatic N) is 3. The second-order valence-electron chi connectivity index (χ2n) is 4.47. The monoisotopic (exact) mass is 301 g/mol. The van der Waals surface area contributed by atoms with E-state index < -0.39 is 11.8 Å². The van der Waals surface area contributed by atoms with E-state index in [1.54, 1.807) is 19.1 Å². The summed E-state index contributed by atoms with van der Waals surface area (Å²) >= 11 is 0. The summed E-state index contributed by atoms with van der Waals surface area (Å²) in [5.41, 5.74) is 6.04. The third-order valence-electron chi connectivity index (χ3n) is 2.56. The van der Waals surface area contributed by atoms with Crippen LogP contribution in [0.3, 0.4) is 0 Å². The zero-order valence-electron chi connectivity index (χ0n) is 12.2. The Bertz CT molecular complexity index is 672. The molecule has 114 valence electrons. The third-order valence-corrected chi connectivity index (χ3v) is 2.56. The summed E-state index contributed by atoms with van der Waals surface area (Å²) in [5.74, 6) is -0.590. The van der Waals surface area contributed by atoms with Crippen molar-refractivity contribution in [3.8, 4) is 5.75 Å². The van der Waals surface area contributed by atoms with Gasteiger partial charge in [0.25, 0.3) is 11.8 Å². The maximum Gasteiger partial charge on any atom is 0.289 e. The van der Waals surface area contributed by atoms with Gasteiger partial charge in [-0.15, -0.1) is 0 Å². The van der Waals surface area contributed by atoms with Gasteiger partial charge in [0, 0.05) is 11.9 Å². The highest BCUT2D eigenvalue weighted by molar-refractivity contribution is 5.93. The number of hydrogen-bond donors (Lipinski definition) is 2. The van der Waals surface area contributed by atoms with Crippen molar-refractivity contribution in [2.45, 2.75) is 13.8 Å². The van der Waals surface area contributed by atoms with Crippen molar-refractivity contribution in [1.82, 2.24) is 25.8 Å². The van der Waals surface area contributed by atoms with Crippen LogP contribution in [-0.2, 0) is 4.79 Å². The molecule has 0 aliphatic rings. The molecule has 8 heteroatoms. The Balaban J connectivity index is 1.78. The van der Waals surface area contributed by atoms with Crippen molar-refractivity contribution in [3.63, 3.8) is 0 Å². The molecule has 0 aliphatic heterocycles. The highest BCUT2D eigenvalue weighted by Gasteiger charge is 2.09. The summed E-state index contributed by atoms with van der Waals surface area (Å²) in [5, 5.41) is 0. The maximum absolute atomic E-state index is 11.7. The molecule has 8 nitrogen and oxygen atoms in total. The van der Waals surface area contributed by atoms with Gasteiger partial charge in [0.1, 0.15) is 11.4 Å². The lowest BCUT2D eigenvalue weighted by Gasteiger charge is -2.08. The van der Waals surface area contributed by atoms with E-state index in [1.165, 1.54) is 18.6 Å². The number of rotatable bonds is 4. The average molecular weight is 301 g/mol. The van der Waals surface area contributed by atoms with Crippen LogP contribution < -0.4 is 15.6 Å². The van der Waals surface area contributed by atoms with Crippen molar-refractivity contribution in [3.05, 3.63) is 47.8 Å². The fraction of sp³-hybridized carbons (Fsp3) is 0.214. The van der Waals surface area contributed by atoms with E-state index >= 15 is 0 Å². The first-order chi connectivity index (χ1) is 10.5. The molecule has 2 rings (SSSR count). The number of carbonyl (C=O) groups excluding carboxylic acids is 2. The van der Waals surface area contributed by atoms with E-state index in [4.69, 9.17) is 4.74 Å². The molecule has 0 aromatic carbocycles. The van der Waals surface area contributed by atoms with Crippen LogP contribution >= 0.6 is 0 Å². The largest absolute Gasteiger partial charge is 0.482 e. The molecule has 0 aliphatic carbocycles. The second-order valence-corrected chi connectivity index (χ2v) is 4.47. The predicted octanol–water partition coefficient (Wildman–Crippen LogP) is 0.328. The molecule has 2 N–H and O–H groups in total. The van der Waals surface area contributed by atoms with Crippen molar-refractivity contribution in [1.29, 1.82) is 0 Å². The minimum absolute atomic E-state index is 0.115. The molecule has 2 aromatic heterocycles. The fourth-order valence-corrected chi connectivity index (χ4v) is 1.49. The van der Waals surface area contributed by atoms with Crippen molar-refractivity contribution < 1.29 is 14.3 Å². The maximum atomic E-state index is 11.7. The van der Waals surface area contributed by atoms with Gasteiger partial charge in [0.05, 0.1) is 18.1 Å².